The van der Waals surface area contributed by atoms with Crippen LogP contribution in [0, 0.1) is 0 Å². The number of thioether (sulfide) groups is 1. The van der Waals surface area contributed by atoms with E-state index in [4.69, 9.17) is 13.9 Å². The van der Waals surface area contributed by atoms with Crippen molar-refractivity contribution in [2.45, 2.75) is 37.2 Å². The number of aromatic nitrogens is 4. The van der Waals surface area contributed by atoms with E-state index in [2.05, 4.69) is 16.7 Å². The number of thiophene rings is 1. The summed E-state index contributed by atoms with van der Waals surface area (Å²) in [5, 5.41) is 7.03. The monoisotopic (exact) mass is 414 g/mol. The SMILES string of the molecule is C=CCn1c(SCc2nc(C(C)C)no2)nc2scc(-c3ccco3)c2c1=O. The van der Waals surface area contributed by atoms with Gasteiger partial charge in [-0.05, 0) is 12.1 Å². The van der Waals surface area contributed by atoms with Gasteiger partial charge in [0.2, 0.25) is 5.89 Å². The molecule has 0 amide bonds. The summed E-state index contributed by atoms with van der Waals surface area (Å²) in [5.74, 6) is 2.47. The molecular weight excluding hydrogens is 396 g/mol. The van der Waals surface area contributed by atoms with Crippen molar-refractivity contribution < 1.29 is 8.94 Å². The lowest BCUT2D eigenvalue weighted by Gasteiger charge is -2.09. The van der Waals surface area contributed by atoms with E-state index in [1.54, 1.807) is 23.0 Å². The van der Waals surface area contributed by atoms with Crippen molar-refractivity contribution in [3.05, 3.63) is 58.5 Å². The highest BCUT2D eigenvalue weighted by Crippen LogP contribution is 2.33. The van der Waals surface area contributed by atoms with E-state index in [9.17, 15) is 4.79 Å². The number of hydrogen-bond donors (Lipinski definition) is 0. The van der Waals surface area contributed by atoms with E-state index >= 15 is 0 Å². The second-order valence-corrected chi connectivity index (χ2v) is 8.20. The average molecular weight is 415 g/mol. The Morgan fingerprint density at radius 2 is 2.25 bits per heavy atom. The molecule has 0 spiro atoms. The van der Waals surface area contributed by atoms with Crippen LogP contribution in [-0.4, -0.2) is 19.7 Å². The lowest BCUT2D eigenvalue weighted by molar-refractivity contribution is 0.382. The summed E-state index contributed by atoms with van der Waals surface area (Å²) < 4.78 is 12.4. The molecule has 0 aromatic carbocycles. The van der Waals surface area contributed by atoms with Gasteiger partial charge in [0.1, 0.15) is 10.6 Å². The van der Waals surface area contributed by atoms with E-state index in [1.807, 2.05) is 25.3 Å². The summed E-state index contributed by atoms with van der Waals surface area (Å²) in [7, 11) is 0. The third-order valence-corrected chi connectivity index (χ3v) is 5.92. The second-order valence-electron chi connectivity index (χ2n) is 6.40. The van der Waals surface area contributed by atoms with Gasteiger partial charge in [-0.2, -0.15) is 4.98 Å². The molecule has 0 bridgehead atoms. The van der Waals surface area contributed by atoms with Gasteiger partial charge >= 0.3 is 0 Å². The number of furan rings is 1. The summed E-state index contributed by atoms with van der Waals surface area (Å²) in [6, 6.07) is 3.64. The Morgan fingerprint density at radius 3 is 2.93 bits per heavy atom. The van der Waals surface area contributed by atoms with Crippen LogP contribution in [0.1, 0.15) is 31.5 Å². The number of hydrogen-bond acceptors (Lipinski definition) is 8. The summed E-state index contributed by atoms with van der Waals surface area (Å²) >= 11 is 2.81. The largest absolute Gasteiger partial charge is 0.464 e. The van der Waals surface area contributed by atoms with Crippen molar-refractivity contribution in [1.29, 1.82) is 0 Å². The zero-order valence-corrected chi connectivity index (χ0v) is 17.0. The van der Waals surface area contributed by atoms with Gasteiger partial charge in [-0.3, -0.25) is 9.36 Å². The molecule has 4 aromatic rings. The Labute approximate surface area is 169 Å². The van der Waals surface area contributed by atoms with Crippen LogP contribution in [0.4, 0.5) is 0 Å². The minimum Gasteiger partial charge on any atom is -0.464 e. The molecule has 0 atom stereocenters. The predicted molar refractivity (Wildman–Crippen MR) is 110 cm³/mol. The van der Waals surface area contributed by atoms with Crippen LogP contribution in [0.3, 0.4) is 0 Å². The van der Waals surface area contributed by atoms with Gasteiger partial charge in [0.25, 0.3) is 5.56 Å². The standard InChI is InChI=1S/C19H18N4O3S2/c1-4-7-23-18(24)15-12(13-6-5-8-25-13)9-27-17(15)21-19(23)28-10-14-20-16(11(2)3)22-26-14/h4-6,8-9,11H,1,7,10H2,2-3H3. The first-order valence-corrected chi connectivity index (χ1v) is 10.6. The lowest BCUT2D eigenvalue weighted by atomic mass is 10.2. The predicted octanol–water partition coefficient (Wildman–Crippen LogP) is 4.70. The summed E-state index contributed by atoms with van der Waals surface area (Å²) in [4.78, 5) is 23.0. The highest BCUT2D eigenvalue weighted by atomic mass is 32.2. The summed E-state index contributed by atoms with van der Waals surface area (Å²) in [6.07, 6.45) is 3.27. The summed E-state index contributed by atoms with van der Waals surface area (Å²) in [6.45, 7) is 8.14. The minimum atomic E-state index is -0.117. The first-order valence-electron chi connectivity index (χ1n) is 8.70. The Bertz CT molecular complexity index is 1170. The van der Waals surface area contributed by atoms with Crippen LogP contribution in [0.5, 0.6) is 0 Å². The van der Waals surface area contributed by atoms with Crippen LogP contribution in [0.25, 0.3) is 21.5 Å². The lowest BCUT2D eigenvalue weighted by Crippen LogP contribution is -2.22. The molecule has 4 heterocycles. The third kappa shape index (κ3) is 3.43. The molecule has 4 aromatic heterocycles. The molecule has 0 unspecified atom stereocenters. The normalized spacial score (nSPS) is 11.5. The van der Waals surface area contributed by atoms with E-state index in [0.29, 0.717) is 45.1 Å². The highest BCUT2D eigenvalue weighted by molar-refractivity contribution is 7.98. The van der Waals surface area contributed by atoms with E-state index < -0.39 is 0 Å². The van der Waals surface area contributed by atoms with Crippen molar-refractivity contribution in [3.8, 4) is 11.3 Å². The first kappa shape index (κ1) is 18.7. The molecule has 0 aliphatic heterocycles. The first-order chi connectivity index (χ1) is 13.6. The molecule has 0 saturated carbocycles. The molecular formula is C19H18N4O3S2. The van der Waals surface area contributed by atoms with Crippen molar-refractivity contribution in [2.75, 3.05) is 0 Å². The van der Waals surface area contributed by atoms with Crippen LogP contribution >= 0.6 is 23.1 Å². The van der Waals surface area contributed by atoms with Gasteiger partial charge in [-0.15, -0.1) is 17.9 Å². The zero-order chi connectivity index (χ0) is 19.7. The van der Waals surface area contributed by atoms with Crippen LogP contribution in [0.15, 0.2) is 55.3 Å². The minimum absolute atomic E-state index is 0.117. The molecule has 28 heavy (non-hydrogen) atoms. The fourth-order valence-electron chi connectivity index (χ4n) is 2.71. The van der Waals surface area contributed by atoms with Crippen LogP contribution in [0.2, 0.25) is 0 Å². The van der Waals surface area contributed by atoms with E-state index in [0.717, 1.165) is 5.56 Å². The number of allylic oxidation sites excluding steroid dienone is 1. The molecule has 0 aliphatic rings. The number of rotatable bonds is 7. The third-order valence-electron chi connectivity index (χ3n) is 4.08. The molecule has 7 nitrogen and oxygen atoms in total. The van der Waals surface area contributed by atoms with Crippen LogP contribution in [-0.2, 0) is 12.3 Å². The fraction of sp³-hybridized carbons (Fsp3) is 0.263. The van der Waals surface area contributed by atoms with Gasteiger partial charge in [0.15, 0.2) is 11.0 Å². The maximum absolute atomic E-state index is 13.2. The molecule has 144 valence electrons. The maximum Gasteiger partial charge on any atom is 0.263 e. The van der Waals surface area contributed by atoms with E-state index in [-0.39, 0.29) is 11.5 Å². The summed E-state index contributed by atoms with van der Waals surface area (Å²) in [5.41, 5.74) is 0.642. The van der Waals surface area contributed by atoms with Crippen molar-refractivity contribution in [3.63, 3.8) is 0 Å². The molecule has 0 saturated heterocycles. The molecule has 9 heteroatoms. The van der Waals surface area contributed by atoms with Crippen molar-refractivity contribution >= 4 is 33.3 Å². The van der Waals surface area contributed by atoms with Gasteiger partial charge in [-0.1, -0.05) is 36.8 Å². The second kappa shape index (κ2) is 7.76. The number of nitrogens with zero attached hydrogens (tertiary/aromatic N) is 4. The Kier molecular flexibility index (Phi) is 5.19. The smallest absolute Gasteiger partial charge is 0.263 e. The van der Waals surface area contributed by atoms with E-state index in [1.165, 1.54) is 23.1 Å². The fourth-order valence-corrected chi connectivity index (χ4v) is 4.52. The Hall–Kier alpha value is -2.65. The molecule has 0 N–H and O–H groups in total. The quantitative estimate of drug-likeness (QED) is 0.246. The van der Waals surface area contributed by atoms with Crippen molar-refractivity contribution in [1.82, 2.24) is 19.7 Å². The molecule has 0 radical (unpaired) electrons. The zero-order valence-electron chi connectivity index (χ0n) is 15.4. The van der Waals surface area contributed by atoms with Gasteiger partial charge < -0.3 is 8.94 Å². The molecule has 0 aliphatic carbocycles. The van der Waals surface area contributed by atoms with Crippen molar-refractivity contribution in [2.24, 2.45) is 0 Å². The number of fused-ring (bicyclic) bond motifs is 1. The Morgan fingerprint density at radius 1 is 1.39 bits per heavy atom. The molecule has 4 rings (SSSR count). The topological polar surface area (TPSA) is 86.9 Å². The maximum atomic E-state index is 13.2. The van der Waals surface area contributed by atoms with Gasteiger partial charge in [0, 0.05) is 23.4 Å². The Balaban J connectivity index is 1.72. The highest BCUT2D eigenvalue weighted by Gasteiger charge is 2.19. The van der Waals surface area contributed by atoms with Gasteiger partial charge in [-0.25, -0.2) is 4.98 Å². The van der Waals surface area contributed by atoms with Gasteiger partial charge in [0.05, 0.1) is 17.4 Å². The average Bonchev–Trinajstić information content (AvgIpc) is 3.42. The molecule has 0 fully saturated rings. The van der Waals surface area contributed by atoms with Crippen LogP contribution < -0.4 is 5.56 Å².